The van der Waals surface area contributed by atoms with Gasteiger partial charge in [-0.25, -0.2) is 8.42 Å². The van der Waals surface area contributed by atoms with Crippen LogP contribution >= 0.6 is 22.9 Å². The summed E-state index contributed by atoms with van der Waals surface area (Å²) in [5, 5.41) is 0. The third-order valence-electron chi connectivity index (χ3n) is 3.99. The third kappa shape index (κ3) is 3.82. The monoisotopic (exact) mass is 364 g/mol. The van der Waals surface area contributed by atoms with Gasteiger partial charge in [0.1, 0.15) is 4.21 Å². The molecule has 0 spiro atoms. The number of thiophene rings is 1. The van der Waals surface area contributed by atoms with Crippen molar-refractivity contribution < 1.29 is 13.2 Å². The van der Waals surface area contributed by atoms with Gasteiger partial charge in [-0.2, -0.15) is 4.31 Å². The number of likely N-dealkylation sites (N-methyl/N-ethyl adjacent to an activating group) is 1. The Morgan fingerprint density at radius 2 is 2.18 bits per heavy atom. The van der Waals surface area contributed by atoms with E-state index in [1.807, 2.05) is 4.90 Å². The standard InChI is InChI=1S/C14H21ClN2O3S2/c1-3-11-6-4-5-9-17(11)13(18)10-16(2)22(19,20)14-8-7-12(15)21-14/h7-8,11H,3-6,9-10H2,1-2H3. The summed E-state index contributed by atoms with van der Waals surface area (Å²) >= 11 is 6.80. The number of rotatable bonds is 5. The molecule has 1 aromatic rings. The zero-order valence-corrected chi connectivity index (χ0v) is 15.2. The van der Waals surface area contributed by atoms with E-state index < -0.39 is 10.0 Å². The number of sulfonamides is 1. The summed E-state index contributed by atoms with van der Waals surface area (Å²) in [6.45, 7) is 2.65. The van der Waals surface area contributed by atoms with Gasteiger partial charge in [-0.05, 0) is 37.8 Å². The number of hydrogen-bond acceptors (Lipinski definition) is 4. The van der Waals surface area contributed by atoms with Crippen LogP contribution in [0.15, 0.2) is 16.3 Å². The van der Waals surface area contributed by atoms with Crippen LogP contribution < -0.4 is 0 Å². The Morgan fingerprint density at radius 3 is 2.77 bits per heavy atom. The molecule has 1 aromatic heterocycles. The van der Waals surface area contributed by atoms with Crippen LogP contribution in [0.4, 0.5) is 0 Å². The Kier molecular flexibility index (Phi) is 5.87. The van der Waals surface area contributed by atoms with E-state index in [1.165, 1.54) is 13.1 Å². The Hall–Kier alpha value is -0.630. The lowest BCUT2D eigenvalue weighted by atomic mass is 10.00. The smallest absolute Gasteiger partial charge is 0.252 e. The highest BCUT2D eigenvalue weighted by Crippen LogP contribution is 2.28. The number of likely N-dealkylation sites (tertiary alicyclic amines) is 1. The number of nitrogens with zero attached hydrogens (tertiary/aromatic N) is 2. The Balaban J connectivity index is 2.07. The fraction of sp³-hybridized carbons (Fsp3) is 0.643. The van der Waals surface area contributed by atoms with Crippen LogP contribution in [0.1, 0.15) is 32.6 Å². The van der Waals surface area contributed by atoms with Crippen molar-refractivity contribution >= 4 is 38.9 Å². The zero-order chi connectivity index (χ0) is 16.3. The van der Waals surface area contributed by atoms with Crippen molar-refractivity contribution in [2.24, 2.45) is 0 Å². The zero-order valence-electron chi connectivity index (χ0n) is 12.8. The van der Waals surface area contributed by atoms with Crippen LogP contribution in [0.25, 0.3) is 0 Å². The van der Waals surface area contributed by atoms with Gasteiger partial charge in [-0.3, -0.25) is 4.79 Å². The molecule has 124 valence electrons. The van der Waals surface area contributed by atoms with E-state index in [0.29, 0.717) is 4.34 Å². The molecule has 1 saturated heterocycles. The molecule has 0 saturated carbocycles. The predicted molar refractivity (Wildman–Crippen MR) is 88.8 cm³/mol. The summed E-state index contributed by atoms with van der Waals surface area (Å²) in [5.74, 6) is -0.125. The number of piperidine rings is 1. The van der Waals surface area contributed by atoms with Crippen molar-refractivity contribution in [3.05, 3.63) is 16.5 Å². The van der Waals surface area contributed by atoms with Gasteiger partial charge in [0, 0.05) is 19.6 Å². The molecule has 0 radical (unpaired) electrons. The minimum absolute atomic E-state index is 0.125. The van der Waals surface area contributed by atoms with Gasteiger partial charge in [0.25, 0.3) is 10.0 Å². The average molecular weight is 365 g/mol. The molecule has 1 aliphatic heterocycles. The second-order valence-electron chi connectivity index (χ2n) is 5.46. The Labute approximate surface area is 140 Å². The average Bonchev–Trinajstić information content (AvgIpc) is 2.94. The van der Waals surface area contributed by atoms with Crippen LogP contribution in [-0.2, 0) is 14.8 Å². The fourth-order valence-corrected chi connectivity index (χ4v) is 5.52. The summed E-state index contributed by atoms with van der Waals surface area (Å²) in [6.07, 6.45) is 4.02. The number of halogens is 1. The predicted octanol–water partition coefficient (Wildman–Crippen LogP) is 2.81. The van der Waals surface area contributed by atoms with E-state index in [0.717, 1.165) is 47.9 Å². The number of carbonyl (C=O) groups is 1. The molecule has 1 aliphatic rings. The maximum atomic E-state index is 12.5. The SMILES string of the molecule is CCC1CCCCN1C(=O)CN(C)S(=O)(=O)c1ccc(Cl)s1. The van der Waals surface area contributed by atoms with Crippen LogP contribution in [0.2, 0.25) is 4.34 Å². The van der Waals surface area contributed by atoms with Crippen LogP contribution in [0.5, 0.6) is 0 Å². The maximum Gasteiger partial charge on any atom is 0.252 e. The van der Waals surface area contributed by atoms with E-state index in [2.05, 4.69) is 6.92 Å². The number of carbonyl (C=O) groups excluding carboxylic acids is 1. The summed E-state index contributed by atoms with van der Waals surface area (Å²) in [5.41, 5.74) is 0. The lowest BCUT2D eigenvalue weighted by Gasteiger charge is -2.36. The molecule has 5 nitrogen and oxygen atoms in total. The van der Waals surface area contributed by atoms with Crippen LogP contribution in [0, 0.1) is 0 Å². The lowest BCUT2D eigenvalue weighted by molar-refractivity contribution is -0.134. The molecule has 1 fully saturated rings. The van der Waals surface area contributed by atoms with Crippen molar-refractivity contribution in [1.82, 2.24) is 9.21 Å². The molecular formula is C14H21ClN2O3S2. The van der Waals surface area contributed by atoms with Crippen LogP contribution in [-0.4, -0.2) is 49.7 Å². The minimum atomic E-state index is -3.66. The third-order valence-corrected chi connectivity index (χ3v) is 7.49. The molecule has 1 amide bonds. The van der Waals surface area contributed by atoms with Gasteiger partial charge < -0.3 is 4.90 Å². The first-order valence-corrected chi connectivity index (χ1v) is 10.0. The summed E-state index contributed by atoms with van der Waals surface area (Å²) in [7, 11) is -2.22. The Bertz CT molecular complexity index is 630. The fourth-order valence-electron chi connectivity index (χ4n) is 2.71. The van der Waals surface area contributed by atoms with E-state index in [4.69, 9.17) is 11.6 Å². The second-order valence-corrected chi connectivity index (χ2v) is 9.45. The van der Waals surface area contributed by atoms with E-state index in [1.54, 1.807) is 6.07 Å². The first kappa shape index (κ1) is 17.7. The normalized spacial score (nSPS) is 19.6. The molecule has 22 heavy (non-hydrogen) atoms. The van der Waals surface area contributed by atoms with Crippen molar-refractivity contribution in [3.8, 4) is 0 Å². The number of amides is 1. The van der Waals surface area contributed by atoms with Crippen LogP contribution in [0.3, 0.4) is 0 Å². The van der Waals surface area contributed by atoms with Gasteiger partial charge in [0.05, 0.1) is 10.9 Å². The molecule has 8 heteroatoms. The summed E-state index contributed by atoms with van der Waals surface area (Å²) in [4.78, 5) is 14.3. The van der Waals surface area contributed by atoms with Crippen molar-refractivity contribution in [2.75, 3.05) is 20.1 Å². The minimum Gasteiger partial charge on any atom is -0.339 e. The molecule has 0 aromatic carbocycles. The van der Waals surface area contributed by atoms with Gasteiger partial charge in [0.2, 0.25) is 5.91 Å². The van der Waals surface area contributed by atoms with Crippen molar-refractivity contribution in [3.63, 3.8) is 0 Å². The second kappa shape index (κ2) is 7.29. The summed E-state index contributed by atoms with van der Waals surface area (Å²) < 4.78 is 26.5. The van der Waals surface area contributed by atoms with Gasteiger partial charge in [-0.15, -0.1) is 11.3 Å². The van der Waals surface area contributed by atoms with Gasteiger partial charge in [-0.1, -0.05) is 18.5 Å². The molecule has 1 atom stereocenters. The van der Waals surface area contributed by atoms with Crippen molar-refractivity contribution in [1.29, 1.82) is 0 Å². The topological polar surface area (TPSA) is 57.7 Å². The maximum absolute atomic E-state index is 12.5. The largest absolute Gasteiger partial charge is 0.339 e. The molecule has 1 unspecified atom stereocenters. The highest BCUT2D eigenvalue weighted by Gasteiger charge is 2.30. The van der Waals surface area contributed by atoms with Gasteiger partial charge >= 0.3 is 0 Å². The molecule has 2 heterocycles. The molecule has 0 N–H and O–H groups in total. The lowest BCUT2D eigenvalue weighted by Crippen LogP contribution is -2.48. The quantitative estimate of drug-likeness (QED) is 0.807. The molecule has 0 bridgehead atoms. The van der Waals surface area contributed by atoms with E-state index >= 15 is 0 Å². The van der Waals surface area contributed by atoms with E-state index in [-0.39, 0.29) is 22.7 Å². The summed E-state index contributed by atoms with van der Waals surface area (Å²) in [6, 6.07) is 3.25. The van der Waals surface area contributed by atoms with Crippen molar-refractivity contribution in [2.45, 2.75) is 42.9 Å². The first-order chi connectivity index (χ1) is 10.4. The van der Waals surface area contributed by atoms with E-state index in [9.17, 15) is 13.2 Å². The van der Waals surface area contributed by atoms with Gasteiger partial charge in [0.15, 0.2) is 0 Å². The molecular weight excluding hydrogens is 344 g/mol. The highest BCUT2D eigenvalue weighted by atomic mass is 35.5. The Morgan fingerprint density at radius 1 is 1.45 bits per heavy atom. The molecule has 0 aliphatic carbocycles. The first-order valence-electron chi connectivity index (χ1n) is 7.37. The highest BCUT2D eigenvalue weighted by molar-refractivity contribution is 7.91. The molecule has 2 rings (SSSR count). The number of hydrogen-bond donors (Lipinski definition) is 0.